The van der Waals surface area contributed by atoms with Gasteiger partial charge in [-0.25, -0.2) is 0 Å². The van der Waals surface area contributed by atoms with Gasteiger partial charge in [0.2, 0.25) is 0 Å². The van der Waals surface area contributed by atoms with Crippen LogP contribution in [0.2, 0.25) is 0 Å². The van der Waals surface area contributed by atoms with Gasteiger partial charge < -0.3 is 4.42 Å². The zero-order chi connectivity index (χ0) is 50.3. The lowest BCUT2D eigenvalue weighted by Gasteiger charge is -2.18. The van der Waals surface area contributed by atoms with Gasteiger partial charge in [-0.05, 0) is 55.4 Å². The lowest BCUT2D eigenvalue weighted by atomic mass is 9.84. The summed E-state index contributed by atoms with van der Waals surface area (Å²) >= 11 is 0. The van der Waals surface area contributed by atoms with Crippen molar-refractivity contribution in [1.82, 2.24) is 0 Å². The molecule has 1 heterocycles. The molecule has 0 aliphatic carbocycles. The molecule has 9 rings (SSSR count). The molecular weight excluding hydrogens is 569 g/mol. The van der Waals surface area contributed by atoms with Crippen LogP contribution in [0.1, 0.15) is 30.2 Å². The first-order valence-corrected chi connectivity index (χ1v) is 14.3. The maximum Gasteiger partial charge on any atom is 0.143 e. The second kappa shape index (κ2) is 11.3. The van der Waals surface area contributed by atoms with E-state index < -0.39 is 194 Å². The van der Waals surface area contributed by atoms with Crippen molar-refractivity contribution in [3.05, 3.63) is 181 Å². The highest BCUT2D eigenvalue weighted by molar-refractivity contribution is 6.25. The minimum atomic E-state index is -0.896. The molecule has 0 fully saturated rings. The molecule has 0 spiro atoms. The summed E-state index contributed by atoms with van der Waals surface area (Å²) in [5.74, 6) is -0.538. The maximum absolute atomic E-state index is 9.74. The summed E-state index contributed by atoms with van der Waals surface area (Å²) in [7, 11) is 0. The van der Waals surface area contributed by atoms with Crippen molar-refractivity contribution < 1.29 is 34.6 Å². The molecule has 220 valence electrons. The summed E-state index contributed by atoms with van der Waals surface area (Å²) in [5, 5.41) is -2.07. The van der Waals surface area contributed by atoms with E-state index in [4.69, 9.17) is 26.3 Å². The number of hydrogen-bond acceptors (Lipinski definition) is 1. The number of hydrogen-bond donors (Lipinski definition) is 0. The fourth-order valence-corrected chi connectivity index (χ4v) is 5.85. The Morgan fingerprint density at radius 3 is 1.57 bits per heavy atom. The van der Waals surface area contributed by atoms with E-state index in [1.807, 2.05) is 0 Å². The van der Waals surface area contributed by atoms with Gasteiger partial charge >= 0.3 is 0 Å². The molecule has 1 heteroatoms. The zero-order valence-corrected chi connectivity index (χ0v) is 24.0. The monoisotopic (exact) mass is 620 g/mol. The SMILES string of the molecule is [2H]c1c([2H])c([2H])c(-c2c([2H])c([2H])c([2H])c(-c3oc4c(-c5ccccc5)cccc4c3-c3c4c([2H])c([2H])c([2H])c([2H])c4c(-c4c([2H])c([2H])c([2H])c([2H])c4[2H])c4c([2H])c([2H])c([2H])c([2H])c34)c2[2H])c([2H])c1[2H]. The van der Waals surface area contributed by atoms with Crippen LogP contribution in [0.15, 0.2) is 186 Å². The summed E-state index contributed by atoms with van der Waals surface area (Å²) in [6.07, 6.45) is 0. The number of fused-ring (bicyclic) bond motifs is 3. The predicted molar refractivity (Wildman–Crippen MR) is 198 cm³/mol. The van der Waals surface area contributed by atoms with E-state index in [1.165, 1.54) is 6.07 Å². The van der Waals surface area contributed by atoms with Crippen LogP contribution in [-0.4, -0.2) is 0 Å². The van der Waals surface area contributed by atoms with Crippen LogP contribution in [0.5, 0.6) is 0 Å². The third-order valence-corrected chi connectivity index (χ3v) is 7.78. The Bertz CT molecular complexity index is 3670. The average molecular weight is 621 g/mol. The lowest BCUT2D eigenvalue weighted by molar-refractivity contribution is 0.633. The molecule has 1 aromatic heterocycles. The Hall–Kier alpha value is -6.18. The first kappa shape index (κ1) is 12.9. The van der Waals surface area contributed by atoms with Crippen molar-refractivity contribution in [1.29, 1.82) is 0 Å². The van der Waals surface area contributed by atoms with Crippen molar-refractivity contribution in [3.8, 4) is 55.8 Å². The molecule has 0 atom stereocenters. The maximum atomic E-state index is 9.74. The van der Waals surface area contributed by atoms with Crippen molar-refractivity contribution in [2.75, 3.05) is 0 Å². The Morgan fingerprint density at radius 1 is 0.362 bits per heavy atom. The van der Waals surface area contributed by atoms with E-state index in [9.17, 15) is 8.22 Å². The molecule has 0 radical (unpaired) electrons. The molecule has 0 amide bonds. The van der Waals surface area contributed by atoms with E-state index in [2.05, 4.69) is 0 Å². The smallest absolute Gasteiger partial charge is 0.143 e. The Morgan fingerprint density at radius 2 is 0.915 bits per heavy atom. The normalized spacial score (nSPS) is 18.0. The highest BCUT2D eigenvalue weighted by Gasteiger charge is 2.25. The van der Waals surface area contributed by atoms with Crippen molar-refractivity contribution in [3.63, 3.8) is 0 Å². The van der Waals surface area contributed by atoms with Crippen LogP contribution in [-0.2, 0) is 0 Å². The van der Waals surface area contributed by atoms with E-state index in [0.29, 0.717) is 11.1 Å². The third kappa shape index (κ3) is 4.56. The van der Waals surface area contributed by atoms with E-state index in [1.54, 1.807) is 42.5 Å². The van der Waals surface area contributed by atoms with Gasteiger partial charge in [-0.15, -0.1) is 0 Å². The van der Waals surface area contributed by atoms with Gasteiger partial charge in [-0.2, -0.15) is 0 Å². The van der Waals surface area contributed by atoms with Crippen LogP contribution in [0, 0.1) is 0 Å². The highest BCUT2D eigenvalue weighted by atomic mass is 16.3. The average Bonchev–Trinajstić information content (AvgIpc) is 3.72. The molecule has 9 aromatic rings. The number of benzene rings is 8. The van der Waals surface area contributed by atoms with E-state index in [-0.39, 0.29) is 16.5 Å². The molecule has 0 aliphatic heterocycles. The quantitative estimate of drug-likeness (QED) is 0.174. The van der Waals surface area contributed by atoms with Crippen LogP contribution >= 0.6 is 0 Å². The van der Waals surface area contributed by atoms with Crippen molar-refractivity contribution >= 4 is 32.5 Å². The summed E-state index contributed by atoms with van der Waals surface area (Å²) < 4.78 is 204. The second-order valence-electron chi connectivity index (χ2n) is 10.4. The fourth-order valence-electron chi connectivity index (χ4n) is 5.85. The molecule has 0 saturated heterocycles. The summed E-state index contributed by atoms with van der Waals surface area (Å²) in [5.41, 5.74) is -2.98. The largest absolute Gasteiger partial charge is 0.455 e. The molecule has 8 aromatic carbocycles. The number of rotatable bonds is 5. The molecule has 1 nitrogen and oxygen atoms in total. The van der Waals surface area contributed by atoms with Gasteiger partial charge in [0, 0.05) is 27.6 Å². The third-order valence-electron chi connectivity index (χ3n) is 7.78. The van der Waals surface area contributed by atoms with E-state index in [0.717, 1.165) is 0 Å². The molecule has 0 bridgehead atoms. The van der Waals surface area contributed by atoms with Gasteiger partial charge in [0.25, 0.3) is 0 Å². The van der Waals surface area contributed by atoms with Crippen LogP contribution in [0.4, 0.5) is 0 Å². The highest BCUT2D eigenvalue weighted by Crippen LogP contribution is 2.50. The minimum absolute atomic E-state index is 0.0176. The number of furan rings is 1. The second-order valence-corrected chi connectivity index (χ2v) is 10.4. The first-order chi connectivity index (χ1) is 32.5. The van der Waals surface area contributed by atoms with Gasteiger partial charge in [0.05, 0.1) is 30.2 Å². The molecule has 0 aliphatic rings. The van der Waals surface area contributed by atoms with Crippen LogP contribution < -0.4 is 0 Å². The number of para-hydroxylation sites is 1. The van der Waals surface area contributed by atoms with Gasteiger partial charge in [-0.1, -0.05) is 175 Å². The van der Waals surface area contributed by atoms with Crippen LogP contribution in [0.3, 0.4) is 0 Å². The van der Waals surface area contributed by atoms with Crippen LogP contribution in [0.25, 0.3) is 88.3 Å². The Labute approximate surface area is 304 Å². The summed E-state index contributed by atoms with van der Waals surface area (Å²) in [4.78, 5) is 0. The molecule has 0 saturated carbocycles. The topological polar surface area (TPSA) is 13.1 Å². The standard InChI is InChI=1S/C46H30O/c1-4-16-31(17-5-1)34-22-14-23-35(30-34)45-44(41-29-15-28-36(46(41)47-45)32-18-6-2-7-19-32)43-39-26-12-10-24-37(39)42(33-20-8-3-9-21-33)38-25-11-13-27-40(38)43/h1-30H/i1D,3D,4D,5D,8D,9D,10D,11D,12D,13D,14D,16D,17D,20D,21D,22D,23D,24D,25D,26D,27D,30D. The molecule has 0 N–H and O–H groups in total. The predicted octanol–water partition coefficient (Wildman–Crippen LogP) is 13.1. The molecule has 0 unspecified atom stereocenters. The van der Waals surface area contributed by atoms with Gasteiger partial charge in [0.1, 0.15) is 11.3 Å². The fraction of sp³-hybridized carbons (Fsp3) is 0. The zero-order valence-electron chi connectivity index (χ0n) is 46.0. The summed E-state index contributed by atoms with van der Waals surface area (Å²) in [6.45, 7) is 0. The van der Waals surface area contributed by atoms with Gasteiger partial charge in [0.15, 0.2) is 0 Å². The first-order valence-electron chi connectivity index (χ1n) is 25.3. The van der Waals surface area contributed by atoms with E-state index >= 15 is 0 Å². The lowest BCUT2D eigenvalue weighted by Crippen LogP contribution is -1.91. The Kier molecular flexibility index (Phi) is 3.11. The van der Waals surface area contributed by atoms with Crippen molar-refractivity contribution in [2.24, 2.45) is 0 Å². The molecule has 47 heavy (non-hydrogen) atoms. The summed E-state index contributed by atoms with van der Waals surface area (Å²) in [6, 6.07) is -5.32. The minimum Gasteiger partial charge on any atom is -0.455 e. The van der Waals surface area contributed by atoms with Gasteiger partial charge in [-0.3, -0.25) is 0 Å². The molecular formula is C46H30O. The Balaban J connectivity index is 1.63. The van der Waals surface area contributed by atoms with Crippen molar-refractivity contribution in [2.45, 2.75) is 0 Å².